The molecule has 1 aliphatic heterocycles. The fourth-order valence-corrected chi connectivity index (χ4v) is 2.19. The van der Waals surface area contributed by atoms with E-state index >= 15 is 0 Å². The van der Waals surface area contributed by atoms with Crippen molar-refractivity contribution in [2.24, 2.45) is 0 Å². The Morgan fingerprint density at radius 2 is 1.68 bits per heavy atom. The first-order valence-electron chi connectivity index (χ1n) is 7.51. The quantitative estimate of drug-likeness (QED) is 0.879. The van der Waals surface area contributed by atoms with Gasteiger partial charge in [-0.3, -0.25) is 4.90 Å². The molecule has 1 heterocycles. The van der Waals surface area contributed by atoms with Crippen LogP contribution >= 0.6 is 0 Å². The standard InChI is InChI=1S/C14H22N2O.C2H6/c1-15-13-5-7-14(8-6-13)17-12-11-16-9-3-2-4-10-16;1-2/h5-8,15H,2-4,9-12H2,1H3;1-2H3. The van der Waals surface area contributed by atoms with Crippen LogP contribution in [0.2, 0.25) is 0 Å². The second kappa shape index (κ2) is 9.68. The molecule has 1 saturated heterocycles. The summed E-state index contributed by atoms with van der Waals surface area (Å²) >= 11 is 0. The van der Waals surface area contributed by atoms with Crippen molar-refractivity contribution in [1.29, 1.82) is 0 Å². The number of nitrogens with one attached hydrogen (secondary N) is 1. The topological polar surface area (TPSA) is 24.5 Å². The minimum absolute atomic E-state index is 0.791. The van der Waals surface area contributed by atoms with Crippen LogP contribution in [0.4, 0.5) is 5.69 Å². The van der Waals surface area contributed by atoms with Gasteiger partial charge in [0.25, 0.3) is 0 Å². The van der Waals surface area contributed by atoms with E-state index in [0.29, 0.717) is 0 Å². The number of piperidine rings is 1. The van der Waals surface area contributed by atoms with Gasteiger partial charge >= 0.3 is 0 Å². The van der Waals surface area contributed by atoms with Gasteiger partial charge in [0.15, 0.2) is 0 Å². The molecule has 108 valence electrons. The van der Waals surface area contributed by atoms with Crippen molar-refractivity contribution in [3.05, 3.63) is 24.3 Å². The lowest BCUT2D eigenvalue weighted by molar-refractivity contribution is 0.183. The van der Waals surface area contributed by atoms with E-state index in [4.69, 9.17) is 4.74 Å². The fourth-order valence-electron chi connectivity index (χ4n) is 2.19. The van der Waals surface area contributed by atoms with Gasteiger partial charge < -0.3 is 10.1 Å². The molecule has 3 heteroatoms. The SMILES string of the molecule is CC.CNc1ccc(OCCN2CCCCC2)cc1. The summed E-state index contributed by atoms with van der Waals surface area (Å²) in [5.41, 5.74) is 1.12. The number of rotatable bonds is 5. The number of hydrogen-bond donors (Lipinski definition) is 1. The Kier molecular flexibility index (Phi) is 8.07. The van der Waals surface area contributed by atoms with E-state index in [1.165, 1.54) is 32.4 Å². The van der Waals surface area contributed by atoms with Gasteiger partial charge in [0, 0.05) is 19.3 Å². The molecule has 1 aromatic carbocycles. The van der Waals surface area contributed by atoms with E-state index in [1.807, 2.05) is 45.2 Å². The molecular weight excluding hydrogens is 236 g/mol. The van der Waals surface area contributed by atoms with E-state index in [2.05, 4.69) is 10.2 Å². The minimum atomic E-state index is 0.791. The first-order valence-corrected chi connectivity index (χ1v) is 7.51. The third kappa shape index (κ3) is 5.97. The molecule has 0 aromatic heterocycles. The van der Waals surface area contributed by atoms with E-state index in [9.17, 15) is 0 Å². The molecule has 0 saturated carbocycles. The molecule has 0 atom stereocenters. The zero-order chi connectivity index (χ0) is 13.9. The molecule has 0 radical (unpaired) electrons. The van der Waals surface area contributed by atoms with Crippen molar-refractivity contribution >= 4 is 5.69 Å². The highest BCUT2D eigenvalue weighted by Crippen LogP contribution is 2.15. The Balaban J connectivity index is 0.000000861. The molecule has 1 fully saturated rings. The lowest BCUT2D eigenvalue weighted by Gasteiger charge is -2.26. The van der Waals surface area contributed by atoms with Gasteiger partial charge in [-0.25, -0.2) is 0 Å². The van der Waals surface area contributed by atoms with Crippen molar-refractivity contribution in [1.82, 2.24) is 4.90 Å². The first-order chi connectivity index (χ1) is 9.38. The highest BCUT2D eigenvalue weighted by Gasteiger charge is 2.09. The van der Waals surface area contributed by atoms with Crippen LogP contribution in [0.15, 0.2) is 24.3 Å². The van der Waals surface area contributed by atoms with Gasteiger partial charge in [0.2, 0.25) is 0 Å². The smallest absolute Gasteiger partial charge is 0.119 e. The van der Waals surface area contributed by atoms with Crippen LogP contribution in [0.1, 0.15) is 33.1 Å². The molecule has 0 bridgehead atoms. The van der Waals surface area contributed by atoms with Crippen molar-refractivity contribution in [3.63, 3.8) is 0 Å². The van der Waals surface area contributed by atoms with Crippen molar-refractivity contribution in [3.8, 4) is 5.75 Å². The molecule has 0 aliphatic carbocycles. The molecule has 0 spiro atoms. The summed E-state index contributed by atoms with van der Waals surface area (Å²) in [6.45, 7) is 8.32. The molecule has 1 aromatic rings. The summed E-state index contributed by atoms with van der Waals surface area (Å²) in [4.78, 5) is 2.49. The molecule has 19 heavy (non-hydrogen) atoms. The van der Waals surface area contributed by atoms with E-state index < -0.39 is 0 Å². The van der Waals surface area contributed by atoms with Gasteiger partial charge in [-0.05, 0) is 50.2 Å². The third-order valence-electron chi connectivity index (χ3n) is 3.27. The predicted molar refractivity (Wildman–Crippen MR) is 83.1 cm³/mol. The van der Waals surface area contributed by atoms with Crippen LogP contribution < -0.4 is 10.1 Å². The maximum atomic E-state index is 5.74. The summed E-state index contributed by atoms with van der Waals surface area (Å²) < 4.78 is 5.74. The minimum Gasteiger partial charge on any atom is -0.492 e. The molecule has 1 N–H and O–H groups in total. The maximum absolute atomic E-state index is 5.74. The van der Waals surface area contributed by atoms with E-state index in [-0.39, 0.29) is 0 Å². The second-order valence-corrected chi connectivity index (χ2v) is 4.53. The Hall–Kier alpha value is -1.22. The Labute approximate surface area is 118 Å². The van der Waals surface area contributed by atoms with E-state index in [1.54, 1.807) is 0 Å². The van der Waals surface area contributed by atoms with Crippen LogP contribution in [0.25, 0.3) is 0 Å². The fraction of sp³-hybridized carbons (Fsp3) is 0.625. The number of ether oxygens (including phenoxy) is 1. The maximum Gasteiger partial charge on any atom is 0.119 e. The highest BCUT2D eigenvalue weighted by atomic mass is 16.5. The van der Waals surface area contributed by atoms with Crippen LogP contribution in [0, 0.1) is 0 Å². The van der Waals surface area contributed by atoms with Crippen LogP contribution in [-0.4, -0.2) is 38.2 Å². The van der Waals surface area contributed by atoms with Crippen molar-refractivity contribution in [2.45, 2.75) is 33.1 Å². The molecule has 0 amide bonds. The Morgan fingerprint density at radius 1 is 1.05 bits per heavy atom. The summed E-state index contributed by atoms with van der Waals surface area (Å²) in [5, 5.41) is 3.10. The third-order valence-corrected chi connectivity index (χ3v) is 3.27. The molecule has 3 nitrogen and oxygen atoms in total. The summed E-state index contributed by atoms with van der Waals surface area (Å²) in [5.74, 6) is 0.959. The summed E-state index contributed by atoms with van der Waals surface area (Å²) in [6, 6.07) is 8.11. The van der Waals surface area contributed by atoms with Crippen LogP contribution in [0.5, 0.6) is 5.75 Å². The second-order valence-electron chi connectivity index (χ2n) is 4.53. The number of hydrogen-bond acceptors (Lipinski definition) is 3. The Morgan fingerprint density at radius 3 is 2.26 bits per heavy atom. The summed E-state index contributed by atoms with van der Waals surface area (Å²) in [6.07, 6.45) is 4.08. The normalized spacial score (nSPS) is 15.3. The summed E-state index contributed by atoms with van der Waals surface area (Å²) in [7, 11) is 1.92. The molecular formula is C16H28N2O. The average molecular weight is 264 g/mol. The average Bonchev–Trinajstić information content (AvgIpc) is 2.51. The first kappa shape index (κ1) is 15.8. The van der Waals surface area contributed by atoms with E-state index in [0.717, 1.165) is 24.6 Å². The van der Waals surface area contributed by atoms with Gasteiger partial charge in [0.05, 0.1) is 0 Å². The molecule has 0 unspecified atom stereocenters. The number of nitrogens with zero attached hydrogens (tertiary/aromatic N) is 1. The van der Waals surface area contributed by atoms with Crippen molar-refractivity contribution < 1.29 is 4.74 Å². The Bertz CT molecular complexity index is 318. The lowest BCUT2D eigenvalue weighted by Crippen LogP contribution is -2.33. The molecule has 1 aliphatic rings. The molecule has 2 rings (SSSR count). The number of benzene rings is 1. The van der Waals surface area contributed by atoms with Crippen LogP contribution in [-0.2, 0) is 0 Å². The largest absolute Gasteiger partial charge is 0.492 e. The van der Waals surface area contributed by atoms with Gasteiger partial charge in [-0.2, -0.15) is 0 Å². The predicted octanol–water partition coefficient (Wildman–Crippen LogP) is 3.62. The monoisotopic (exact) mass is 264 g/mol. The van der Waals surface area contributed by atoms with Gasteiger partial charge in [-0.1, -0.05) is 20.3 Å². The highest BCUT2D eigenvalue weighted by molar-refractivity contribution is 5.45. The number of likely N-dealkylation sites (tertiary alicyclic amines) is 1. The zero-order valence-electron chi connectivity index (χ0n) is 12.6. The van der Waals surface area contributed by atoms with Crippen molar-refractivity contribution in [2.75, 3.05) is 38.6 Å². The van der Waals surface area contributed by atoms with Gasteiger partial charge in [0.1, 0.15) is 12.4 Å². The lowest BCUT2D eigenvalue weighted by atomic mass is 10.1. The zero-order valence-corrected chi connectivity index (χ0v) is 12.6. The van der Waals surface area contributed by atoms with Gasteiger partial charge in [-0.15, -0.1) is 0 Å². The van der Waals surface area contributed by atoms with Crippen LogP contribution in [0.3, 0.4) is 0 Å². The number of anilines is 1.